The van der Waals surface area contributed by atoms with Gasteiger partial charge in [-0.2, -0.15) is 0 Å². The second-order valence-electron chi connectivity index (χ2n) is 4.28. The van der Waals surface area contributed by atoms with Gasteiger partial charge in [0.25, 0.3) is 0 Å². The van der Waals surface area contributed by atoms with Crippen LogP contribution in [0.15, 0.2) is 29.7 Å². The topological polar surface area (TPSA) is 98.3 Å². The van der Waals surface area contributed by atoms with Crippen LogP contribution >= 0.6 is 11.8 Å². The molecule has 0 saturated heterocycles. The third kappa shape index (κ3) is 4.71. The molecule has 0 fully saturated rings. The number of rotatable bonds is 6. The summed E-state index contributed by atoms with van der Waals surface area (Å²) in [6.07, 6.45) is 4.62. The number of hydrogen-bond donors (Lipinski definition) is 2. The lowest BCUT2D eigenvalue weighted by Gasteiger charge is -2.12. The molecule has 23 heavy (non-hydrogen) atoms. The van der Waals surface area contributed by atoms with E-state index in [-0.39, 0.29) is 6.54 Å². The van der Waals surface area contributed by atoms with Crippen LogP contribution in [0.2, 0.25) is 0 Å². The van der Waals surface area contributed by atoms with Crippen molar-refractivity contribution in [3.8, 4) is 5.75 Å². The summed E-state index contributed by atoms with van der Waals surface area (Å²) in [7, 11) is 2.89. The van der Waals surface area contributed by atoms with Crippen LogP contribution in [-0.4, -0.2) is 41.5 Å². The first-order valence-corrected chi connectivity index (χ1v) is 7.87. The number of alkyl carbamates (subject to hydrolysis) is 1. The average Bonchev–Trinajstić information content (AvgIpc) is 2.60. The van der Waals surface area contributed by atoms with Gasteiger partial charge in [-0.3, -0.25) is 0 Å². The van der Waals surface area contributed by atoms with E-state index in [0.717, 1.165) is 0 Å². The number of amides is 1. The first kappa shape index (κ1) is 16.8. The summed E-state index contributed by atoms with van der Waals surface area (Å²) in [5.74, 6) is 1.84. The van der Waals surface area contributed by atoms with Gasteiger partial charge in [0.1, 0.15) is 17.4 Å². The molecule has 1 amide bonds. The van der Waals surface area contributed by atoms with Gasteiger partial charge in [0, 0.05) is 11.8 Å². The second kappa shape index (κ2) is 8.18. The largest absolute Gasteiger partial charge is 0.495 e. The predicted molar refractivity (Wildman–Crippen MR) is 87.1 cm³/mol. The van der Waals surface area contributed by atoms with E-state index in [0.29, 0.717) is 28.1 Å². The molecule has 2 N–H and O–H groups in total. The number of carbonyl (C=O) groups is 1. The number of methoxy groups -OCH3 is 2. The van der Waals surface area contributed by atoms with Gasteiger partial charge in [-0.25, -0.2) is 19.7 Å². The first-order chi connectivity index (χ1) is 11.2. The maximum absolute atomic E-state index is 11.2. The third-order valence-electron chi connectivity index (χ3n) is 2.85. The Kier molecular flexibility index (Phi) is 5.98. The Bertz CT molecular complexity index is 666. The summed E-state index contributed by atoms with van der Waals surface area (Å²) in [6, 6.07) is 3.57. The van der Waals surface area contributed by atoms with E-state index in [1.807, 2.05) is 6.26 Å². The molecule has 122 valence electrons. The van der Waals surface area contributed by atoms with Crippen molar-refractivity contribution in [1.82, 2.24) is 20.3 Å². The molecule has 0 aliphatic carbocycles. The molecular formula is C14H17N5O3S. The lowest BCUT2D eigenvalue weighted by molar-refractivity contribution is 0.170. The van der Waals surface area contributed by atoms with Crippen molar-refractivity contribution < 1.29 is 14.3 Å². The molecule has 0 saturated carbocycles. The Labute approximate surface area is 138 Å². The number of pyridine rings is 1. The Balaban J connectivity index is 2.20. The van der Waals surface area contributed by atoms with Crippen LogP contribution in [0, 0.1) is 0 Å². The first-order valence-electron chi connectivity index (χ1n) is 6.65. The Hall–Kier alpha value is -2.55. The zero-order valence-corrected chi connectivity index (χ0v) is 13.8. The van der Waals surface area contributed by atoms with Crippen LogP contribution in [0.5, 0.6) is 5.75 Å². The highest BCUT2D eigenvalue weighted by Gasteiger charge is 2.10. The van der Waals surface area contributed by atoms with Crippen LogP contribution < -0.4 is 15.4 Å². The molecule has 0 radical (unpaired) electrons. The smallest absolute Gasteiger partial charge is 0.407 e. The number of nitrogens with one attached hydrogen (secondary N) is 2. The van der Waals surface area contributed by atoms with E-state index in [9.17, 15) is 4.79 Å². The fraction of sp³-hybridized carbons (Fsp3) is 0.286. The zero-order chi connectivity index (χ0) is 16.7. The highest BCUT2D eigenvalue weighted by Crippen LogP contribution is 2.21. The lowest BCUT2D eigenvalue weighted by atomic mass is 10.3. The summed E-state index contributed by atoms with van der Waals surface area (Å²) >= 11 is 1.42. The molecule has 2 rings (SSSR count). The normalized spacial score (nSPS) is 10.0. The number of anilines is 2. The molecule has 2 aromatic rings. The van der Waals surface area contributed by atoms with Crippen LogP contribution in [0.25, 0.3) is 0 Å². The minimum absolute atomic E-state index is 0.236. The van der Waals surface area contributed by atoms with Crippen LogP contribution in [-0.2, 0) is 11.3 Å². The zero-order valence-electron chi connectivity index (χ0n) is 13.0. The molecule has 9 heteroatoms. The summed E-state index contributed by atoms with van der Waals surface area (Å²) < 4.78 is 9.64. The van der Waals surface area contributed by atoms with Crippen molar-refractivity contribution in [3.63, 3.8) is 0 Å². The van der Waals surface area contributed by atoms with E-state index in [1.54, 1.807) is 31.6 Å². The molecule has 2 heterocycles. The Morgan fingerprint density at radius 3 is 2.70 bits per heavy atom. The van der Waals surface area contributed by atoms with Crippen LogP contribution in [0.1, 0.15) is 5.56 Å². The number of hydrogen-bond acceptors (Lipinski definition) is 8. The molecular weight excluding hydrogens is 318 g/mol. The van der Waals surface area contributed by atoms with Gasteiger partial charge >= 0.3 is 6.09 Å². The molecule has 0 aromatic carbocycles. The van der Waals surface area contributed by atoms with Gasteiger partial charge in [0.15, 0.2) is 5.16 Å². The number of aromatic nitrogens is 3. The molecule has 0 spiro atoms. The minimum Gasteiger partial charge on any atom is -0.495 e. The maximum atomic E-state index is 11.2. The van der Waals surface area contributed by atoms with E-state index in [2.05, 4.69) is 30.3 Å². The van der Waals surface area contributed by atoms with E-state index >= 15 is 0 Å². The number of carbonyl (C=O) groups excluding carboxylic acids is 1. The molecule has 8 nitrogen and oxygen atoms in total. The average molecular weight is 335 g/mol. The second-order valence-corrected chi connectivity index (χ2v) is 5.06. The number of ether oxygens (including phenoxy) is 2. The Morgan fingerprint density at radius 1 is 1.26 bits per heavy atom. The summed E-state index contributed by atoms with van der Waals surface area (Å²) in [4.78, 5) is 24.1. The van der Waals surface area contributed by atoms with E-state index in [4.69, 9.17) is 4.74 Å². The SMILES string of the molecule is COC(=O)NCc1cnc(SC)nc1Nc1ccc(OC)cn1. The van der Waals surface area contributed by atoms with Crippen LogP contribution in [0.3, 0.4) is 0 Å². The summed E-state index contributed by atoms with van der Waals surface area (Å²) in [5, 5.41) is 6.33. The molecule has 0 unspecified atom stereocenters. The van der Waals surface area contributed by atoms with Gasteiger partial charge < -0.3 is 20.1 Å². The highest BCUT2D eigenvalue weighted by atomic mass is 32.2. The standard InChI is InChI=1S/C14H17N5O3S/c1-21-10-4-5-11(15-8-10)18-12-9(7-17-14(20)22-2)6-16-13(19-12)23-3/h4-6,8H,7H2,1-3H3,(H,17,20)(H,15,16,18,19). The maximum Gasteiger partial charge on any atom is 0.407 e. The van der Waals surface area contributed by atoms with E-state index in [1.165, 1.54) is 18.9 Å². The molecule has 0 aliphatic rings. The highest BCUT2D eigenvalue weighted by molar-refractivity contribution is 7.98. The fourth-order valence-corrected chi connectivity index (χ4v) is 2.00. The fourth-order valence-electron chi connectivity index (χ4n) is 1.66. The van der Waals surface area contributed by atoms with Gasteiger partial charge in [-0.05, 0) is 18.4 Å². The molecule has 2 aromatic heterocycles. The summed E-state index contributed by atoms with van der Waals surface area (Å²) in [5.41, 5.74) is 0.714. The summed E-state index contributed by atoms with van der Waals surface area (Å²) in [6.45, 7) is 0.236. The van der Waals surface area contributed by atoms with E-state index < -0.39 is 6.09 Å². The van der Waals surface area contributed by atoms with Gasteiger partial charge in [0.2, 0.25) is 0 Å². The minimum atomic E-state index is -0.521. The number of nitrogens with zero attached hydrogens (tertiary/aromatic N) is 3. The molecule has 0 bridgehead atoms. The van der Waals surface area contributed by atoms with Crippen molar-refractivity contribution in [3.05, 3.63) is 30.1 Å². The van der Waals surface area contributed by atoms with Gasteiger partial charge in [0.05, 0.1) is 27.0 Å². The van der Waals surface area contributed by atoms with Crippen molar-refractivity contribution in [2.24, 2.45) is 0 Å². The van der Waals surface area contributed by atoms with Crippen molar-refractivity contribution in [2.75, 3.05) is 25.8 Å². The third-order valence-corrected chi connectivity index (χ3v) is 3.41. The van der Waals surface area contributed by atoms with Crippen LogP contribution in [0.4, 0.5) is 16.4 Å². The van der Waals surface area contributed by atoms with Gasteiger partial charge in [-0.15, -0.1) is 0 Å². The number of thioether (sulfide) groups is 1. The molecule has 0 aliphatic heterocycles. The monoisotopic (exact) mass is 335 g/mol. The Morgan fingerprint density at radius 2 is 2.09 bits per heavy atom. The van der Waals surface area contributed by atoms with Crippen molar-refractivity contribution in [1.29, 1.82) is 0 Å². The lowest BCUT2D eigenvalue weighted by Crippen LogP contribution is -2.23. The molecule has 0 atom stereocenters. The van der Waals surface area contributed by atoms with Crippen molar-refractivity contribution in [2.45, 2.75) is 11.7 Å². The quantitative estimate of drug-likeness (QED) is 0.612. The predicted octanol–water partition coefficient (Wildman–Crippen LogP) is 2.20. The van der Waals surface area contributed by atoms with Crippen molar-refractivity contribution >= 4 is 29.5 Å². The van der Waals surface area contributed by atoms with Gasteiger partial charge in [-0.1, -0.05) is 11.8 Å².